The summed E-state index contributed by atoms with van der Waals surface area (Å²) < 4.78 is 5.25. The van der Waals surface area contributed by atoms with E-state index in [2.05, 4.69) is 12.6 Å². The lowest BCUT2D eigenvalue weighted by Gasteiger charge is -2.39. The fourth-order valence-electron chi connectivity index (χ4n) is 0.998. The lowest BCUT2D eigenvalue weighted by atomic mass is 9.82. The van der Waals surface area contributed by atoms with Crippen molar-refractivity contribution in [3.05, 3.63) is 0 Å². The summed E-state index contributed by atoms with van der Waals surface area (Å²) in [5, 5.41) is 0. The van der Waals surface area contributed by atoms with Crippen LogP contribution in [0, 0.1) is 0 Å². The Morgan fingerprint density at radius 2 is 2.25 bits per heavy atom. The van der Waals surface area contributed by atoms with Crippen LogP contribution in [0.1, 0.15) is 19.3 Å². The Morgan fingerprint density at radius 3 is 2.25 bits per heavy atom. The van der Waals surface area contributed by atoms with Crippen LogP contribution >= 0.6 is 12.6 Å². The van der Waals surface area contributed by atoms with Crippen LogP contribution in [-0.2, 0) is 4.74 Å². The van der Waals surface area contributed by atoms with E-state index in [9.17, 15) is 0 Å². The molecule has 1 aliphatic rings. The van der Waals surface area contributed by atoms with Gasteiger partial charge in [-0.1, -0.05) is 0 Å². The van der Waals surface area contributed by atoms with Crippen LogP contribution in [0.3, 0.4) is 0 Å². The Kier molecular flexibility index (Phi) is 1.83. The molecule has 1 nitrogen and oxygen atoms in total. The Hall–Kier alpha value is 0.310. The fraction of sp³-hybridized carbons (Fsp3) is 1.00. The van der Waals surface area contributed by atoms with Gasteiger partial charge in [-0.2, -0.15) is 12.6 Å². The zero-order chi connectivity index (χ0) is 6.04. The van der Waals surface area contributed by atoms with E-state index >= 15 is 0 Å². The van der Waals surface area contributed by atoms with Gasteiger partial charge in [0.2, 0.25) is 0 Å². The molecule has 0 atom stereocenters. The summed E-state index contributed by atoms with van der Waals surface area (Å²) in [6, 6.07) is 0. The molecule has 0 aromatic carbocycles. The van der Waals surface area contributed by atoms with E-state index in [1.54, 1.807) is 7.11 Å². The van der Waals surface area contributed by atoms with E-state index in [0.717, 1.165) is 5.75 Å². The maximum atomic E-state index is 5.25. The number of thiol groups is 1. The monoisotopic (exact) mass is 132 g/mol. The first-order valence-corrected chi connectivity index (χ1v) is 3.62. The van der Waals surface area contributed by atoms with Gasteiger partial charge in [0.05, 0.1) is 5.60 Å². The molecule has 0 bridgehead atoms. The van der Waals surface area contributed by atoms with E-state index in [1.807, 2.05) is 0 Å². The highest BCUT2D eigenvalue weighted by molar-refractivity contribution is 7.80. The molecular weight excluding hydrogens is 120 g/mol. The molecule has 0 aliphatic heterocycles. The SMILES string of the molecule is COC1(CS)CCC1. The number of methoxy groups -OCH3 is 1. The summed E-state index contributed by atoms with van der Waals surface area (Å²) in [5.74, 6) is 0.878. The van der Waals surface area contributed by atoms with E-state index in [4.69, 9.17) is 4.74 Å². The summed E-state index contributed by atoms with van der Waals surface area (Å²) in [6.45, 7) is 0. The van der Waals surface area contributed by atoms with Gasteiger partial charge in [0.25, 0.3) is 0 Å². The molecule has 1 aliphatic carbocycles. The van der Waals surface area contributed by atoms with Crippen molar-refractivity contribution in [2.24, 2.45) is 0 Å². The lowest BCUT2D eigenvalue weighted by Crippen LogP contribution is -2.40. The summed E-state index contributed by atoms with van der Waals surface area (Å²) in [7, 11) is 1.77. The molecule has 8 heavy (non-hydrogen) atoms. The van der Waals surface area contributed by atoms with Crippen LogP contribution in [0.2, 0.25) is 0 Å². The second-order valence-electron chi connectivity index (χ2n) is 2.40. The first kappa shape index (κ1) is 6.43. The fourth-order valence-corrected chi connectivity index (χ4v) is 1.44. The van der Waals surface area contributed by atoms with Crippen molar-refractivity contribution in [1.82, 2.24) is 0 Å². The third-order valence-corrected chi connectivity index (χ3v) is 2.56. The van der Waals surface area contributed by atoms with Gasteiger partial charge in [-0.25, -0.2) is 0 Å². The Bertz CT molecular complexity index is 65.1. The normalized spacial score (nSPS) is 24.8. The largest absolute Gasteiger partial charge is 0.377 e. The number of ether oxygens (including phenoxy) is 1. The van der Waals surface area contributed by atoms with Crippen molar-refractivity contribution in [1.29, 1.82) is 0 Å². The van der Waals surface area contributed by atoms with Crippen molar-refractivity contribution in [2.75, 3.05) is 12.9 Å². The lowest BCUT2D eigenvalue weighted by molar-refractivity contribution is -0.0510. The molecule has 1 saturated carbocycles. The number of rotatable bonds is 2. The van der Waals surface area contributed by atoms with Crippen LogP contribution in [-0.4, -0.2) is 18.5 Å². The van der Waals surface area contributed by atoms with Crippen molar-refractivity contribution < 1.29 is 4.74 Å². The van der Waals surface area contributed by atoms with Gasteiger partial charge in [0, 0.05) is 12.9 Å². The average molecular weight is 132 g/mol. The summed E-state index contributed by atoms with van der Waals surface area (Å²) in [4.78, 5) is 0. The van der Waals surface area contributed by atoms with Gasteiger partial charge in [0.1, 0.15) is 0 Å². The Morgan fingerprint density at radius 1 is 1.62 bits per heavy atom. The highest BCUT2D eigenvalue weighted by Gasteiger charge is 2.35. The van der Waals surface area contributed by atoms with Gasteiger partial charge in [-0.15, -0.1) is 0 Å². The molecule has 1 rings (SSSR count). The summed E-state index contributed by atoms with van der Waals surface area (Å²) in [6.07, 6.45) is 3.72. The smallest absolute Gasteiger partial charge is 0.0766 e. The molecule has 0 spiro atoms. The molecule has 0 saturated heterocycles. The van der Waals surface area contributed by atoms with Crippen LogP contribution in [0.5, 0.6) is 0 Å². The highest BCUT2D eigenvalue weighted by atomic mass is 32.1. The summed E-state index contributed by atoms with van der Waals surface area (Å²) in [5.41, 5.74) is 0.170. The van der Waals surface area contributed by atoms with Crippen molar-refractivity contribution in [3.8, 4) is 0 Å². The number of hydrogen-bond donors (Lipinski definition) is 1. The second kappa shape index (κ2) is 2.28. The predicted molar refractivity (Wildman–Crippen MR) is 37.4 cm³/mol. The van der Waals surface area contributed by atoms with Gasteiger partial charge in [-0.3, -0.25) is 0 Å². The Balaban J connectivity index is 2.33. The van der Waals surface area contributed by atoms with E-state index in [0.29, 0.717) is 0 Å². The minimum Gasteiger partial charge on any atom is -0.377 e. The molecule has 2 heteroatoms. The molecule has 0 amide bonds. The average Bonchev–Trinajstić information content (AvgIpc) is 1.67. The molecular formula is C6H12OS. The van der Waals surface area contributed by atoms with Gasteiger partial charge < -0.3 is 4.74 Å². The maximum Gasteiger partial charge on any atom is 0.0766 e. The first-order chi connectivity index (χ1) is 3.83. The molecule has 48 valence electrons. The quantitative estimate of drug-likeness (QED) is 0.560. The summed E-state index contributed by atoms with van der Waals surface area (Å²) >= 11 is 4.19. The van der Waals surface area contributed by atoms with E-state index in [1.165, 1.54) is 19.3 Å². The van der Waals surface area contributed by atoms with Crippen LogP contribution < -0.4 is 0 Å². The molecule has 0 radical (unpaired) electrons. The highest BCUT2D eigenvalue weighted by Crippen LogP contribution is 2.35. The third kappa shape index (κ3) is 0.869. The molecule has 1 fully saturated rings. The second-order valence-corrected chi connectivity index (χ2v) is 2.72. The zero-order valence-corrected chi connectivity index (χ0v) is 6.08. The third-order valence-electron chi connectivity index (χ3n) is 1.99. The van der Waals surface area contributed by atoms with Crippen LogP contribution in [0.4, 0.5) is 0 Å². The van der Waals surface area contributed by atoms with E-state index < -0.39 is 0 Å². The van der Waals surface area contributed by atoms with E-state index in [-0.39, 0.29) is 5.60 Å². The minimum absolute atomic E-state index is 0.170. The molecule has 0 aromatic heterocycles. The van der Waals surface area contributed by atoms with Crippen molar-refractivity contribution in [3.63, 3.8) is 0 Å². The zero-order valence-electron chi connectivity index (χ0n) is 5.18. The molecule has 0 N–H and O–H groups in total. The topological polar surface area (TPSA) is 9.23 Å². The van der Waals surface area contributed by atoms with Crippen LogP contribution in [0.15, 0.2) is 0 Å². The maximum absolute atomic E-state index is 5.25. The van der Waals surface area contributed by atoms with Gasteiger partial charge >= 0.3 is 0 Å². The van der Waals surface area contributed by atoms with Crippen molar-refractivity contribution >= 4 is 12.6 Å². The molecule has 0 unspecified atom stereocenters. The predicted octanol–water partition coefficient (Wildman–Crippen LogP) is 1.49. The Labute approximate surface area is 55.8 Å². The first-order valence-electron chi connectivity index (χ1n) is 2.99. The standard InChI is InChI=1S/C6H12OS/c1-7-6(5-8)3-2-4-6/h8H,2-5H2,1H3. The van der Waals surface area contributed by atoms with Gasteiger partial charge in [0.15, 0.2) is 0 Å². The molecule has 0 heterocycles. The van der Waals surface area contributed by atoms with Crippen molar-refractivity contribution in [2.45, 2.75) is 24.9 Å². The minimum atomic E-state index is 0.170. The van der Waals surface area contributed by atoms with Crippen LogP contribution in [0.25, 0.3) is 0 Å². The molecule has 0 aromatic rings. The number of hydrogen-bond acceptors (Lipinski definition) is 2. The van der Waals surface area contributed by atoms with Gasteiger partial charge in [-0.05, 0) is 19.3 Å².